The molecule has 0 unspecified atom stereocenters. The van der Waals surface area contributed by atoms with Gasteiger partial charge in [0.2, 0.25) is 0 Å². The van der Waals surface area contributed by atoms with Crippen molar-refractivity contribution in [2.45, 2.75) is 52.7 Å². The molecule has 1 aromatic rings. The Morgan fingerprint density at radius 3 is 2.25 bits per heavy atom. The highest BCUT2D eigenvalue weighted by Gasteiger charge is 2.24. The lowest BCUT2D eigenvalue weighted by molar-refractivity contribution is 0.0957. The van der Waals surface area contributed by atoms with Crippen molar-refractivity contribution in [1.82, 2.24) is 20.4 Å². The van der Waals surface area contributed by atoms with Crippen LogP contribution in [-0.2, 0) is 17.8 Å². The van der Waals surface area contributed by atoms with Crippen molar-refractivity contribution in [2.24, 2.45) is 0 Å². The van der Waals surface area contributed by atoms with Crippen molar-refractivity contribution in [3.8, 4) is 0 Å². The van der Waals surface area contributed by atoms with E-state index in [4.69, 9.17) is 4.74 Å². The molecule has 0 spiro atoms. The van der Waals surface area contributed by atoms with E-state index in [0.29, 0.717) is 26.2 Å². The second-order valence-electron chi connectivity index (χ2n) is 7.07. The molecule has 1 aliphatic heterocycles. The third kappa shape index (κ3) is 7.03. The van der Waals surface area contributed by atoms with Crippen LogP contribution in [0.15, 0.2) is 24.3 Å². The lowest BCUT2D eigenvalue weighted by Crippen LogP contribution is -2.49. The van der Waals surface area contributed by atoms with E-state index in [0.717, 1.165) is 38.0 Å². The van der Waals surface area contributed by atoms with Gasteiger partial charge in [-0.05, 0) is 44.0 Å². The standard InChI is InChI=1S/C21H34N4O3/c1-4-24(5-2)16-18-9-7-17(8-10-18)15-22-20(26)23-19-11-13-25(14-12-19)21(27)28-6-3/h7-10,19H,4-6,11-16H2,1-3H3,(H2,22,23,26). The number of hydrogen-bond donors (Lipinski definition) is 2. The molecular formula is C21H34N4O3. The van der Waals surface area contributed by atoms with E-state index in [-0.39, 0.29) is 18.2 Å². The number of carbonyl (C=O) groups excluding carboxylic acids is 2. The Bertz CT molecular complexity index is 609. The highest BCUT2D eigenvalue weighted by Crippen LogP contribution is 2.12. The van der Waals surface area contributed by atoms with Gasteiger partial charge in [-0.15, -0.1) is 0 Å². The van der Waals surface area contributed by atoms with Gasteiger partial charge >= 0.3 is 12.1 Å². The Kier molecular flexibility index (Phi) is 9.07. The monoisotopic (exact) mass is 390 g/mol. The number of nitrogens with zero attached hydrogens (tertiary/aromatic N) is 2. The Labute approximate surface area is 168 Å². The van der Waals surface area contributed by atoms with Gasteiger partial charge in [-0.3, -0.25) is 4.90 Å². The van der Waals surface area contributed by atoms with Crippen molar-refractivity contribution >= 4 is 12.1 Å². The number of likely N-dealkylation sites (tertiary alicyclic amines) is 1. The quantitative estimate of drug-likeness (QED) is 0.716. The summed E-state index contributed by atoms with van der Waals surface area (Å²) in [5.74, 6) is 0. The van der Waals surface area contributed by atoms with Crippen LogP contribution in [0.3, 0.4) is 0 Å². The molecule has 0 bridgehead atoms. The summed E-state index contributed by atoms with van der Waals surface area (Å²) in [6, 6.07) is 8.30. The third-order valence-electron chi connectivity index (χ3n) is 5.13. The fourth-order valence-corrected chi connectivity index (χ4v) is 3.31. The van der Waals surface area contributed by atoms with Gasteiger partial charge in [0, 0.05) is 32.2 Å². The maximum absolute atomic E-state index is 12.2. The number of carbonyl (C=O) groups is 2. The largest absolute Gasteiger partial charge is 0.450 e. The zero-order valence-corrected chi connectivity index (χ0v) is 17.4. The van der Waals surface area contributed by atoms with Crippen LogP contribution in [-0.4, -0.2) is 60.8 Å². The summed E-state index contributed by atoms with van der Waals surface area (Å²) < 4.78 is 5.01. The number of amides is 3. The molecule has 0 atom stereocenters. The summed E-state index contributed by atoms with van der Waals surface area (Å²) in [5, 5.41) is 5.92. The van der Waals surface area contributed by atoms with Crippen molar-refractivity contribution in [2.75, 3.05) is 32.8 Å². The van der Waals surface area contributed by atoms with Gasteiger partial charge in [-0.1, -0.05) is 38.1 Å². The predicted molar refractivity (Wildman–Crippen MR) is 110 cm³/mol. The van der Waals surface area contributed by atoms with Gasteiger partial charge in [0.15, 0.2) is 0 Å². The van der Waals surface area contributed by atoms with Gasteiger partial charge < -0.3 is 20.3 Å². The Morgan fingerprint density at radius 1 is 1.07 bits per heavy atom. The average molecular weight is 391 g/mol. The minimum atomic E-state index is -0.269. The molecule has 28 heavy (non-hydrogen) atoms. The second-order valence-corrected chi connectivity index (χ2v) is 7.07. The van der Waals surface area contributed by atoms with Crippen LogP contribution in [0, 0.1) is 0 Å². The summed E-state index contributed by atoms with van der Waals surface area (Å²) in [6.45, 7) is 11.3. The number of piperidine rings is 1. The molecule has 1 aromatic carbocycles. The van der Waals surface area contributed by atoms with Gasteiger partial charge in [-0.2, -0.15) is 0 Å². The molecule has 0 aromatic heterocycles. The van der Waals surface area contributed by atoms with Crippen LogP contribution >= 0.6 is 0 Å². The number of rotatable bonds is 8. The molecule has 0 radical (unpaired) electrons. The van der Waals surface area contributed by atoms with Gasteiger partial charge in [-0.25, -0.2) is 9.59 Å². The Morgan fingerprint density at radius 2 is 1.68 bits per heavy atom. The molecule has 0 saturated carbocycles. The van der Waals surface area contributed by atoms with Gasteiger partial charge in [0.05, 0.1) is 6.61 Å². The van der Waals surface area contributed by atoms with E-state index in [1.165, 1.54) is 5.56 Å². The summed E-state index contributed by atoms with van der Waals surface area (Å²) in [4.78, 5) is 27.9. The summed E-state index contributed by atoms with van der Waals surface area (Å²) in [7, 11) is 0. The molecule has 3 amide bonds. The summed E-state index contributed by atoms with van der Waals surface area (Å²) in [6.07, 6.45) is 1.22. The number of urea groups is 1. The highest BCUT2D eigenvalue weighted by molar-refractivity contribution is 5.74. The number of ether oxygens (including phenoxy) is 1. The second kappa shape index (κ2) is 11.5. The molecule has 1 saturated heterocycles. The van der Waals surface area contributed by atoms with Crippen LogP contribution < -0.4 is 10.6 Å². The summed E-state index contributed by atoms with van der Waals surface area (Å²) >= 11 is 0. The van der Waals surface area contributed by atoms with E-state index in [9.17, 15) is 9.59 Å². The van der Waals surface area contributed by atoms with E-state index >= 15 is 0 Å². The van der Waals surface area contributed by atoms with Crippen LogP contribution in [0.2, 0.25) is 0 Å². The van der Waals surface area contributed by atoms with Crippen LogP contribution in [0.1, 0.15) is 44.7 Å². The zero-order chi connectivity index (χ0) is 20.4. The topological polar surface area (TPSA) is 73.9 Å². The van der Waals surface area contributed by atoms with Crippen LogP contribution in [0.4, 0.5) is 9.59 Å². The zero-order valence-electron chi connectivity index (χ0n) is 17.4. The molecule has 0 aliphatic carbocycles. The third-order valence-corrected chi connectivity index (χ3v) is 5.13. The van der Waals surface area contributed by atoms with Crippen molar-refractivity contribution in [3.05, 3.63) is 35.4 Å². The van der Waals surface area contributed by atoms with Crippen molar-refractivity contribution in [1.29, 1.82) is 0 Å². The minimum absolute atomic E-state index is 0.0853. The van der Waals surface area contributed by atoms with Gasteiger partial charge in [0.25, 0.3) is 0 Å². The van der Waals surface area contributed by atoms with E-state index in [1.54, 1.807) is 11.8 Å². The fourth-order valence-electron chi connectivity index (χ4n) is 3.31. The van der Waals surface area contributed by atoms with Crippen LogP contribution in [0.25, 0.3) is 0 Å². The molecule has 2 N–H and O–H groups in total. The smallest absolute Gasteiger partial charge is 0.409 e. The van der Waals surface area contributed by atoms with Gasteiger partial charge in [0.1, 0.15) is 0 Å². The maximum Gasteiger partial charge on any atom is 0.409 e. The molecule has 2 rings (SSSR count). The molecule has 1 heterocycles. The minimum Gasteiger partial charge on any atom is -0.450 e. The Hall–Kier alpha value is -2.28. The van der Waals surface area contributed by atoms with Crippen LogP contribution in [0.5, 0.6) is 0 Å². The lowest BCUT2D eigenvalue weighted by atomic mass is 10.1. The molecule has 156 valence electrons. The first kappa shape index (κ1) is 22.0. The Balaban J connectivity index is 1.69. The van der Waals surface area contributed by atoms with E-state index in [1.807, 2.05) is 0 Å². The molecular weight excluding hydrogens is 356 g/mol. The number of benzene rings is 1. The summed E-state index contributed by atoms with van der Waals surface area (Å²) in [5.41, 5.74) is 2.36. The molecule has 7 nitrogen and oxygen atoms in total. The fraction of sp³-hybridized carbons (Fsp3) is 0.619. The number of hydrogen-bond acceptors (Lipinski definition) is 4. The SMILES string of the molecule is CCOC(=O)N1CCC(NC(=O)NCc2ccc(CN(CC)CC)cc2)CC1. The first-order valence-electron chi connectivity index (χ1n) is 10.3. The maximum atomic E-state index is 12.2. The van der Waals surface area contributed by atoms with E-state index < -0.39 is 0 Å². The number of nitrogens with one attached hydrogen (secondary N) is 2. The average Bonchev–Trinajstić information content (AvgIpc) is 2.72. The molecule has 7 heteroatoms. The first-order valence-corrected chi connectivity index (χ1v) is 10.3. The first-order chi connectivity index (χ1) is 13.5. The lowest BCUT2D eigenvalue weighted by Gasteiger charge is -2.31. The predicted octanol–water partition coefficient (Wildman–Crippen LogP) is 2.95. The van der Waals surface area contributed by atoms with Crippen molar-refractivity contribution < 1.29 is 14.3 Å². The van der Waals surface area contributed by atoms with E-state index in [2.05, 4.69) is 53.6 Å². The van der Waals surface area contributed by atoms with Crippen molar-refractivity contribution in [3.63, 3.8) is 0 Å². The normalized spacial score (nSPS) is 14.8. The molecule has 1 fully saturated rings. The highest BCUT2D eigenvalue weighted by atomic mass is 16.6. The molecule has 1 aliphatic rings.